The Morgan fingerprint density at radius 1 is 1.05 bits per heavy atom. The van der Waals surface area contributed by atoms with Gasteiger partial charge < -0.3 is 20.1 Å². The fraction of sp³-hybridized carbons (Fsp3) is 0.400. The number of anilines is 1. The number of halogens is 3. The molecule has 3 aliphatic heterocycles. The predicted octanol–water partition coefficient (Wildman–Crippen LogP) is 4.80. The van der Waals surface area contributed by atoms with E-state index >= 15 is 8.78 Å². The zero-order valence-electron chi connectivity index (χ0n) is 22.1. The molecule has 0 amide bonds. The van der Waals surface area contributed by atoms with E-state index in [9.17, 15) is 9.50 Å². The van der Waals surface area contributed by atoms with E-state index in [4.69, 9.17) is 9.72 Å². The van der Waals surface area contributed by atoms with Crippen molar-refractivity contribution in [2.75, 3.05) is 38.2 Å². The van der Waals surface area contributed by atoms with Crippen LogP contribution in [0.1, 0.15) is 19.3 Å². The Balaban J connectivity index is 1.40. The number of benzene rings is 3. The molecule has 4 atom stereocenters. The SMILES string of the molecule is CN1C[C@H](F)C[C@H]1COc1nc(N2[C@@H]3CC[C@H]2CNC3)c2cc(F)c(-c3cc(O)cc4ccccc34)c(F)c2n1. The number of phenols is 1. The lowest BCUT2D eigenvalue weighted by Crippen LogP contribution is -2.52. The lowest BCUT2D eigenvalue weighted by molar-refractivity contribution is 0.188. The molecular weight excluding hydrogens is 519 g/mol. The molecule has 208 valence electrons. The molecule has 0 radical (unpaired) electrons. The molecule has 2 N–H and O–H groups in total. The van der Waals surface area contributed by atoms with E-state index in [-0.39, 0.29) is 58.5 Å². The highest BCUT2D eigenvalue weighted by Crippen LogP contribution is 2.42. The summed E-state index contributed by atoms with van der Waals surface area (Å²) in [5, 5.41) is 15.3. The average molecular weight is 550 g/mol. The highest BCUT2D eigenvalue weighted by Gasteiger charge is 2.39. The number of alkyl halides is 1. The zero-order chi connectivity index (χ0) is 27.5. The second-order valence-corrected chi connectivity index (χ2v) is 11.2. The molecule has 3 aromatic carbocycles. The van der Waals surface area contributed by atoms with Crippen LogP contribution in [0.4, 0.5) is 19.0 Å². The van der Waals surface area contributed by atoms with Gasteiger partial charge in [-0.25, -0.2) is 13.2 Å². The first kappa shape index (κ1) is 25.3. The third-order valence-electron chi connectivity index (χ3n) is 8.62. The molecule has 3 fully saturated rings. The number of likely N-dealkylation sites (N-methyl/N-ethyl adjacent to an activating group) is 1. The van der Waals surface area contributed by atoms with Crippen LogP contribution in [0.3, 0.4) is 0 Å². The van der Waals surface area contributed by atoms with Crippen molar-refractivity contribution < 1.29 is 23.0 Å². The molecule has 10 heteroatoms. The summed E-state index contributed by atoms with van der Waals surface area (Å²) in [5.41, 5.74) is -0.0851. The maximum absolute atomic E-state index is 16.5. The van der Waals surface area contributed by atoms with E-state index in [1.807, 2.05) is 11.9 Å². The number of ether oxygens (including phenoxy) is 1. The highest BCUT2D eigenvalue weighted by molar-refractivity contribution is 6.01. The normalized spacial score (nSPS) is 24.9. The molecule has 1 aromatic heterocycles. The van der Waals surface area contributed by atoms with Crippen molar-refractivity contribution in [2.45, 2.75) is 43.6 Å². The molecule has 0 unspecified atom stereocenters. The van der Waals surface area contributed by atoms with Crippen molar-refractivity contribution >= 4 is 27.5 Å². The van der Waals surface area contributed by atoms with E-state index in [2.05, 4.69) is 15.2 Å². The third kappa shape index (κ3) is 4.21. The van der Waals surface area contributed by atoms with Crippen LogP contribution in [0.25, 0.3) is 32.8 Å². The summed E-state index contributed by atoms with van der Waals surface area (Å²) < 4.78 is 52.4. The number of phenolic OH excluding ortho intramolecular Hbond substituents is 1. The number of aromatic nitrogens is 2. The minimum Gasteiger partial charge on any atom is -0.508 e. The third-order valence-corrected chi connectivity index (χ3v) is 8.62. The number of hydrogen-bond acceptors (Lipinski definition) is 7. The van der Waals surface area contributed by atoms with Gasteiger partial charge in [0.2, 0.25) is 0 Å². The molecule has 7 rings (SSSR count). The van der Waals surface area contributed by atoms with Crippen molar-refractivity contribution in [3.63, 3.8) is 0 Å². The Morgan fingerprint density at radius 2 is 1.82 bits per heavy atom. The highest BCUT2D eigenvalue weighted by atomic mass is 19.1. The molecule has 2 bridgehead atoms. The van der Waals surface area contributed by atoms with Crippen LogP contribution in [0.2, 0.25) is 0 Å². The number of nitrogens with zero attached hydrogens (tertiary/aromatic N) is 4. The standard InChI is InChI=1S/C30H30F3N5O2/c1-37-14-17(31)9-20(37)15-40-30-35-28-24(29(36-30)38-18-6-7-19(38)13-34-12-18)11-25(32)26(27(28)33)23-10-21(39)8-16-4-2-3-5-22(16)23/h2-5,8,10-11,17-20,34,39H,6-7,9,12-15H2,1H3/t17-,18-,19+,20+/m1/s1. The van der Waals surface area contributed by atoms with Crippen molar-refractivity contribution in [3.05, 3.63) is 54.1 Å². The second-order valence-electron chi connectivity index (χ2n) is 11.2. The lowest BCUT2D eigenvalue weighted by Gasteiger charge is -2.37. The second kappa shape index (κ2) is 9.78. The van der Waals surface area contributed by atoms with E-state index in [1.54, 1.807) is 30.3 Å². The van der Waals surface area contributed by atoms with Crippen LogP contribution < -0.4 is 15.0 Å². The smallest absolute Gasteiger partial charge is 0.319 e. The van der Waals surface area contributed by atoms with Crippen LogP contribution in [-0.4, -0.2) is 77.6 Å². The number of fused-ring (bicyclic) bond motifs is 4. The first-order valence-electron chi connectivity index (χ1n) is 13.8. The molecule has 3 aliphatic rings. The Labute approximate surface area is 229 Å². The summed E-state index contributed by atoms with van der Waals surface area (Å²) in [7, 11) is 1.84. The van der Waals surface area contributed by atoms with E-state index in [1.165, 1.54) is 12.1 Å². The fourth-order valence-corrected chi connectivity index (χ4v) is 6.67. The first-order chi connectivity index (χ1) is 19.4. The first-order valence-corrected chi connectivity index (χ1v) is 13.8. The Hall–Kier alpha value is -3.63. The van der Waals surface area contributed by atoms with Gasteiger partial charge in [0.05, 0.1) is 5.56 Å². The van der Waals surface area contributed by atoms with Crippen LogP contribution in [0.15, 0.2) is 42.5 Å². The molecule has 40 heavy (non-hydrogen) atoms. The van der Waals surface area contributed by atoms with Gasteiger partial charge in [-0.1, -0.05) is 24.3 Å². The van der Waals surface area contributed by atoms with Gasteiger partial charge in [0, 0.05) is 43.1 Å². The fourth-order valence-electron chi connectivity index (χ4n) is 6.67. The van der Waals surface area contributed by atoms with Crippen LogP contribution >= 0.6 is 0 Å². The number of aromatic hydroxyl groups is 1. The zero-order valence-corrected chi connectivity index (χ0v) is 22.1. The number of piperazine rings is 1. The van der Waals surface area contributed by atoms with Gasteiger partial charge in [-0.3, -0.25) is 4.90 Å². The van der Waals surface area contributed by atoms with Crippen molar-refractivity contribution in [2.24, 2.45) is 0 Å². The number of hydrogen-bond donors (Lipinski definition) is 2. The summed E-state index contributed by atoms with van der Waals surface area (Å²) in [6, 6.07) is 11.5. The summed E-state index contributed by atoms with van der Waals surface area (Å²) in [4.78, 5) is 13.2. The Kier molecular flexibility index (Phi) is 6.20. The van der Waals surface area contributed by atoms with Gasteiger partial charge in [0.1, 0.15) is 35.7 Å². The topological polar surface area (TPSA) is 73.8 Å². The van der Waals surface area contributed by atoms with E-state index in [0.717, 1.165) is 25.9 Å². The van der Waals surface area contributed by atoms with E-state index < -0.39 is 17.8 Å². The quantitative estimate of drug-likeness (QED) is 0.371. The van der Waals surface area contributed by atoms with Gasteiger partial charge in [-0.05, 0) is 60.8 Å². The lowest BCUT2D eigenvalue weighted by atomic mass is 9.95. The Bertz CT molecular complexity index is 1600. The average Bonchev–Trinajstić information content (AvgIpc) is 3.38. The van der Waals surface area contributed by atoms with Gasteiger partial charge in [-0.15, -0.1) is 0 Å². The molecular formula is C30H30F3N5O2. The van der Waals surface area contributed by atoms with Gasteiger partial charge in [0.15, 0.2) is 5.82 Å². The number of likely N-dealkylation sites (tertiary alicyclic amines) is 1. The summed E-state index contributed by atoms with van der Waals surface area (Å²) in [6.07, 6.45) is 1.31. The van der Waals surface area contributed by atoms with Crippen molar-refractivity contribution in [1.29, 1.82) is 0 Å². The Morgan fingerprint density at radius 3 is 2.58 bits per heavy atom. The molecule has 0 aliphatic carbocycles. The minimum absolute atomic E-state index is 0.0200. The van der Waals surface area contributed by atoms with Gasteiger partial charge in [0.25, 0.3) is 0 Å². The molecule has 4 aromatic rings. The van der Waals surface area contributed by atoms with Crippen molar-refractivity contribution in [3.8, 4) is 22.9 Å². The summed E-state index contributed by atoms with van der Waals surface area (Å²) in [5.74, 6) is -1.25. The predicted molar refractivity (Wildman–Crippen MR) is 148 cm³/mol. The maximum atomic E-state index is 16.5. The van der Waals surface area contributed by atoms with Crippen LogP contribution in [0.5, 0.6) is 11.8 Å². The summed E-state index contributed by atoms with van der Waals surface area (Å²) >= 11 is 0. The van der Waals surface area contributed by atoms with Crippen LogP contribution in [-0.2, 0) is 0 Å². The molecule has 0 saturated carbocycles. The number of rotatable bonds is 5. The minimum atomic E-state index is -0.928. The summed E-state index contributed by atoms with van der Waals surface area (Å²) in [6.45, 7) is 1.99. The molecule has 7 nitrogen and oxygen atoms in total. The van der Waals surface area contributed by atoms with Gasteiger partial charge >= 0.3 is 6.01 Å². The van der Waals surface area contributed by atoms with Crippen molar-refractivity contribution in [1.82, 2.24) is 20.2 Å². The number of nitrogens with one attached hydrogen (secondary N) is 1. The van der Waals surface area contributed by atoms with Gasteiger partial charge in [-0.2, -0.15) is 9.97 Å². The monoisotopic (exact) mass is 549 g/mol. The molecule has 0 spiro atoms. The maximum Gasteiger partial charge on any atom is 0.319 e. The largest absolute Gasteiger partial charge is 0.508 e. The van der Waals surface area contributed by atoms with Crippen LogP contribution in [0, 0.1) is 11.6 Å². The molecule has 3 saturated heterocycles. The van der Waals surface area contributed by atoms with E-state index in [0.29, 0.717) is 29.6 Å². The molecule has 4 heterocycles.